The molecule has 2 aliphatic rings. The molecule has 2 atom stereocenters. The van der Waals surface area contributed by atoms with Gasteiger partial charge in [0.05, 0.1) is 24.5 Å². The average Bonchev–Trinajstić information content (AvgIpc) is 2.97. The summed E-state index contributed by atoms with van der Waals surface area (Å²) in [5.41, 5.74) is 1.90. The molecule has 0 aromatic heterocycles. The van der Waals surface area contributed by atoms with E-state index < -0.39 is 22.1 Å². The molecule has 182 valence electrons. The number of esters is 1. The smallest absolute Gasteiger partial charge is 0.307 e. The van der Waals surface area contributed by atoms with Gasteiger partial charge in [-0.1, -0.05) is 18.2 Å². The van der Waals surface area contributed by atoms with Crippen molar-refractivity contribution in [3.8, 4) is 11.5 Å². The second-order valence-electron chi connectivity index (χ2n) is 8.33. The quantitative estimate of drug-likeness (QED) is 0.596. The summed E-state index contributed by atoms with van der Waals surface area (Å²) in [6.45, 7) is 4.24. The molecule has 0 spiro atoms. The number of nitrogens with zero attached hydrogens (tertiary/aromatic N) is 1. The number of hydrogen-bond donors (Lipinski definition) is 1. The van der Waals surface area contributed by atoms with E-state index in [0.717, 1.165) is 17.7 Å². The zero-order chi connectivity index (χ0) is 24.3. The predicted octanol–water partition coefficient (Wildman–Crippen LogP) is 2.43. The lowest BCUT2D eigenvalue weighted by atomic mass is 10.1. The predicted molar refractivity (Wildman–Crippen MR) is 125 cm³/mol. The van der Waals surface area contributed by atoms with Gasteiger partial charge in [0.2, 0.25) is 10.0 Å². The number of amides is 1. The van der Waals surface area contributed by atoms with Gasteiger partial charge in [-0.05, 0) is 44.0 Å². The van der Waals surface area contributed by atoms with Gasteiger partial charge < -0.3 is 19.1 Å². The number of benzene rings is 2. The van der Waals surface area contributed by atoms with Crippen molar-refractivity contribution < 1.29 is 32.2 Å². The largest absolute Gasteiger partial charge is 0.490 e. The van der Waals surface area contributed by atoms with Crippen LogP contribution in [0.3, 0.4) is 0 Å². The van der Waals surface area contributed by atoms with Crippen LogP contribution in [-0.2, 0) is 30.8 Å². The fourth-order valence-electron chi connectivity index (χ4n) is 4.09. The number of anilines is 1. The Morgan fingerprint density at radius 1 is 1.15 bits per heavy atom. The molecule has 4 rings (SSSR count). The first-order chi connectivity index (χ1) is 16.3. The summed E-state index contributed by atoms with van der Waals surface area (Å²) < 4.78 is 44.0. The Hall–Kier alpha value is -3.11. The molecular formula is C24H28N2O7S. The molecule has 2 aromatic rings. The first-order valence-electron chi connectivity index (χ1n) is 11.3. The summed E-state index contributed by atoms with van der Waals surface area (Å²) in [6, 6.07) is 12.0. The monoisotopic (exact) mass is 488 g/mol. The van der Waals surface area contributed by atoms with Crippen LogP contribution in [0.15, 0.2) is 47.4 Å². The minimum atomic E-state index is -3.87. The Bertz CT molecular complexity index is 1180. The number of hydrogen-bond acceptors (Lipinski definition) is 7. The molecule has 0 bridgehead atoms. The first-order valence-corrected chi connectivity index (χ1v) is 12.7. The second kappa shape index (κ2) is 10.0. The summed E-state index contributed by atoms with van der Waals surface area (Å²) in [5, 5.41) is 0. The number of ether oxygens (including phenoxy) is 3. The van der Waals surface area contributed by atoms with Crippen LogP contribution in [0.1, 0.15) is 32.3 Å². The lowest BCUT2D eigenvalue weighted by Gasteiger charge is -2.26. The Labute approximate surface area is 199 Å². The van der Waals surface area contributed by atoms with E-state index in [1.807, 2.05) is 31.2 Å². The van der Waals surface area contributed by atoms with Gasteiger partial charge in [-0.3, -0.25) is 9.59 Å². The van der Waals surface area contributed by atoms with Crippen molar-refractivity contribution in [2.75, 3.05) is 24.7 Å². The average molecular weight is 489 g/mol. The molecule has 0 unspecified atom stereocenters. The molecule has 0 saturated heterocycles. The van der Waals surface area contributed by atoms with Gasteiger partial charge in [0.15, 0.2) is 17.6 Å². The standard InChI is InChI=1S/C24H28N2O7S/c1-16-14-18-6-3-4-7-20(18)26(16)24(28)17(2)33-23(27)10-11-25-34(29,30)19-8-9-21-22(15-19)32-13-5-12-31-21/h3-4,6-9,15-17,25H,5,10-14H2,1-2H3/t16-,17-/m0/s1. The normalized spacial score (nSPS) is 18.1. The van der Waals surface area contributed by atoms with Crippen molar-refractivity contribution in [3.63, 3.8) is 0 Å². The SMILES string of the molecule is C[C@H](OC(=O)CCNS(=O)(=O)c1ccc2c(c1)OCCCO2)C(=O)N1c2ccccc2C[C@@H]1C. The molecule has 2 aromatic carbocycles. The van der Waals surface area contributed by atoms with Gasteiger partial charge in [-0.2, -0.15) is 0 Å². The molecule has 34 heavy (non-hydrogen) atoms. The van der Waals surface area contributed by atoms with Crippen LogP contribution >= 0.6 is 0 Å². The number of carbonyl (C=O) groups is 2. The Kier molecular flexibility index (Phi) is 7.08. The molecule has 9 nitrogen and oxygen atoms in total. The van der Waals surface area contributed by atoms with E-state index in [0.29, 0.717) is 31.1 Å². The zero-order valence-corrected chi connectivity index (χ0v) is 20.0. The third-order valence-corrected chi connectivity index (χ3v) is 7.21. The Morgan fingerprint density at radius 2 is 1.88 bits per heavy atom. The third-order valence-electron chi connectivity index (χ3n) is 5.75. The van der Waals surface area contributed by atoms with Crippen LogP contribution in [0, 0.1) is 0 Å². The van der Waals surface area contributed by atoms with Crippen LogP contribution in [-0.4, -0.2) is 52.2 Å². The topological polar surface area (TPSA) is 111 Å². The van der Waals surface area contributed by atoms with E-state index in [-0.39, 0.29) is 29.8 Å². The molecular weight excluding hydrogens is 460 g/mol. The van der Waals surface area contributed by atoms with Gasteiger partial charge in [0, 0.05) is 30.8 Å². The van der Waals surface area contributed by atoms with Crippen molar-refractivity contribution in [2.24, 2.45) is 0 Å². The summed E-state index contributed by atoms with van der Waals surface area (Å²) >= 11 is 0. The van der Waals surface area contributed by atoms with Crippen LogP contribution in [0.5, 0.6) is 11.5 Å². The third kappa shape index (κ3) is 5.18. The minimum absolute atomic E-state index is 0.00958. The molecule has 0 radical (unpaired) electrons. The number of sulfonamides is 1. The molecule has 10 heteroatoms. The molecule has 2 heterocycles. The van der Waals surface area contributed by atoms with E-state index >= 15 is 0 Å². The van der Waals surface area contributed by atoms with Crippen molar-refractivity contribution in [1.29, 1.82) is 0 Å². The lowest BCUT2D eigenvalue weighted by Crippen LogP contribution is -2.43. The summed E-state index contributed by atoms with van der Waals surface area (Å²) in [4.78, 5) is 26.9. The van der Waals surface area contributed by atoms with Gasteiger partial charge >= 0.3 is 5.97 Å². The Morgan fingerprint density at radius 3 is 2.68 bits per heavy atom. The van der Waals surface area contributed by atoms with E-state index in [2.05, 4.69) is 4.72 Å². The molecule has 2 aliphatic heterocycles. The van der Waals surface area contributed by atoms with Gasteiger partial charge in [-0.25, -0.2) is 13.1 Å². The lowest BCUT2D eigenvalue weighted by molar-refractivity contribution is -0.153. The first kappa shape index (κ1) is 24.0. The zero-order valence-electron chi connectivity index (χ0n) is 19.2. The maximum absolute atomic E-state index is 12.9. The molecule has 0 fully saturated rings. The van der Waals surface area contributed by atoms with E-state index in [1.165, 1.54) is 19.1 Å². The number of fused-ring (bicyclic) bond motifs is 2. The number of carbonyl (C=O) groups excluding carboxylic acids is 2. The summed E-state index contributed by atoms with van der Waals surface area (Å²) in [7, 11) is -3.87. The van der Waals surface area contributed by atoms with Crippen LogP contribution in [0.2, 0.25) is 0 Å². The highest BCUT2D eigenvalue weighted by Gasteiger charge is 2.34. The number of nitrogens with one attached hydrogen (secondary N) is 1. The van der Waals surface area contributed by atoms with E-state index in [1.54, 1.807) is 11.0 Å². The van der Waals surface area contributed by atoms with Crippen molar-refractivity contribution >= 4 is 27.6 Å². The van der Waals surface area contributed by atoms with Crippen molar-refractivity contribution in [2.45, 2.75) is 50.2 Å². The van der Waals surface area contributed by atoms with Gasteiger partial charge in [-0.15, -0.1) is 0 Å². The highest BCUT2D eigenvalue weighted by Crippen LogP contribution is 2.33. The second-order valence-corrected chi connectivity index (χ2v) is 10.1. The fourth-order valence-corrected chi connectivity index (χ4v) is 5.13. The number of para-hydroxylation sites is 1. The molecule has 0 saturated carbocycles. The van der Waals surface area contributed by atoms with Crippen molar-refractivity contribution in [1.82, 2.24) is 4.72 Å². The van der Waals surface area contributed by atoms with E-state index in [9.17, 15) is 18.0 Å². The molecule has 1 amide bonds. The summed E-state index contributed by atoms with van der Waals surface area (Å²) in [6.07, 6.45) is 0.248. The minimum Gasteiger partial charge on any atom is -0.490 e. The van der Waals surface area contributed by atoms with Gasteiger partial charge in [0.25, 0.3) is 5.91 Å². The Balaban J connectivity index is 1.30. The fraction of sp³-hybridized carbons (Fsp3) is 0.417. The maximum atomic E-state index is 12.9. The molecule has 0 aliphatic carbocycles. The highest BCUT2D eigenvalue weighted by atomic mass is 32.2. The van der Waals surface area contributed by atoms with Crippen LogP contribution in [0.25, 0.3) is 0 Å². The highest BCUT2D eigenvalue weighted by molar-refractivity contribution is 7.89. The van der Waals surface area contributed by atoms with Crippen LogP contribution < -0.4 is 19.1 Å². The van der Waals surface area contributed by atoms with E-state index in [4.69, 9.17) is 14.2 Å². The van der Waals surface area contributed by atoms with Crippen LogP contribution in [0.4, 0.5) is 5.69 Å². The van der Waals surface area contributed by atoms with Gasteiger partial charge in [0.1, 0.15) is 0 Å². The number of rotatable bonds is 7. The summed E-state index contributed by atoms with van der Waals surface area (Å²) in [5.74, 6) is -0.112. The maximum Gasteiger partial charge on any atom is 0.307 e. The molecule has 1 N–H and O–H groups in total. The van der Waals surface area contributed by atoms with Crippen molar-refractivity contribution in [3.05, 3.63) is 48.0 Å².